The van der Waals surface area contributed by atoms with Crippen molar-refractivity contribution in [2.45, 2.75) is 13.5 Å². The Morgan fingerprint density at radius 2 is 2.43 bits per heavy atom. The van der Waals surface area contributed by atoms with Gasteiger partial charge in [0.2, 0.25) is 0 Å². The van der Waals surface area contributed by atoms with Crippen molar-refractivity contribution in [3.05, 3.63) is 11.9 Å². The van der Waals surface area contributed by atoms with Crippen LogP contribution in [-0.4, -0.2) is 32.6 Å². The maximum atomic E-state index is 10.6. The second kappa shape index (κ2) is 4.10. The number of nitrogen functional groups attached to an aromatic ring is 1. The third-order valence-corrected chi connectivity index (χ3v) is 1.80. The first-order valence-electron chi connectivity index (χ1n) is 4.21. The number of hydrogen-bond donors (Lipinski definition) is 3. The van der Waals surface area contributed by atoms with Crippen LogP contribution < -0.4 is 5.73 Å². The first kappa shape index (κ1) is 10.5. The van der Waals surface area contributed by atoms with Gasteiger partial charge in [0.15, 0.2) is 5.69 Å². The number of aliphatic hydroxyl groups excluding tert-OH is 1. The summed E-state index contributed by atoms with van der Waals surface area (Å²) in [6, 6.07) is 0. The summed E-state index contributed by atoms with van der Waals surface area (Å²) < 4.78 is 1.43. The van der Waals surface area contributed by atoms with Crippen LogP contribution in [0.2, 0.25) is 0 Å². The molecule has 1 heterocycles. The van der Waals surface area contributed by atoms with Crippen molar-refractivity contribution in [1.82, 2.24) is 9.78 Å². The number of hydrogen-bond acceptors (Lipinski definition) is 4. The molecule has 0 radical (unpaired) electrons. The van der Waals surface area contributed by atoms with Gasteiger partial charge in [-0.05, 0) is 5.92 Å². The lowest BCUT2D eigenvalue weighted by Gasteiger charge is -2.06. The number of aliphatic hydroxyl groups is 1. The Morgan fingerprint density at radius 3 is 2.86 bits per heavy atom. The standard InChI is InChI=1S/C8H13N3O3/c1-5(4-12)2-11-3-6(9)7(10-11)8(13)14/h3,5,12H,2,4,9H2,1H3,(H,13,14). The number of anilines is 1. The maximum absolute atomic E-state index is 10.6. The molecule has 1 aromatic rings. The third kappa shape index (κ3) is 2.23. The number of aromatic nitrogens is 2. The first-order chi connectivity index (χ1) is 6.54. The predicted molar refractivity (Wildman–Crippen MR) is 49.8 cm³/mol. The number of carboxylic acid groups (broad SMARTS) is 1. The summed E-state index contributed by atoms with van der Waals surface area (Å²) >= 11 is 0. The van der Waals surface area contributed by atoms with E-state index >= 15 is 0 Å². The van der Waals surface area contributed by atoms with Gasteiger partial charge in [0, 0.05) is 19.3 Å². The van der Waals surface area contributed by atoms with Crippen LogP contribution in [-0.2, 0) is 6.54 Å². The van der Waals surface area contributed by atoms with Crippen molar-refractivity contribution in [3.8, 4) is 0 Å². The lowest BCUT2D eigenvalue weighted by Crippen LogP contribution is -2.12. The molecule has 1 aromatic heterocycles. The molecule has 0 aliphatic heterocycles. The van der Waals surface area contributed by atoms with E-state index in [1.807, 2.05) is 6.92 Å². The van der Waals surface area contributed by atoms with Crippen molar-refractivity contribution in [2.75, 3.05) is 12.3 Å². The molecule has 6 heteroatoms. The van der Waals surface area contributed by atoms with Gasteiger partial charge in [0.1, 0.15) is 0 Å². The van der Waals surface area contributed by atoms with E-state index in [4.69, 9.17) is 15.9 Å². The maximum Gasteiger partial charge on any atom is 0.358 e. The summed E-state index contributed by atoms with van der Waals surface area (Å²) in [7, 11) is 0. The molecule has 0 amide bonds. The minimum Gasteiger partial charge on any atom is -0.476 e. The fraction of sp³-hybridized carbons (Fsp3) is 0.500. The highest BCUT2D eigenvalue weighted by Gasteiger charge is 2.13. The number of aromatic carboxylic acids is 1. The fourth-order valence-electron chi connectivity index (χ4n) is 1.07. The van der Waals surface area contributed by atoms with Gasteiger partial charge in [0.25, 0.3) is 0 Å². The fourth-order valence-corrected chi connectivity index (χ4v) is 1.07. The van der Waals surface area contributed by atoms with E-state index in [2.05, 4.69) is 5.10 Å². The lowest BCUT2D eigenvalue weighted by molar-refractivity contribution is 0.0690. The Morgan fingerprint density at radius 1 is 1.79 bits per heavy atom. The number of carboxylic acids is 1. The van der Waals surface area contributed by atoms with Crippen molar-refractivity contribution in [1.29, 1.82) is 0 Å². The summed E-state index contributed by atoms with van der Waals surface area (Å²) in [4.78, 5) is 10.6. The van der Waals surface area contributed by atoms with E-state index in [0.717, 1.165) is 0 Å². The SMILES string of the molecule is CC(CO)Cn1cc(N)c(C(=O)O)n1. The zero-order chi connectivity index (χ0) is 10.7. The van der Waals surface area contributed by atoms with Gasteiger partial charge in [-0.25, -0.2) is 4.79 Å². The first-order valence-corrected chi connectivity index (χ1v) is 4.21. The molecule has 1 unspecified atom stereocenters. The van der Waals surface area contributed by atoms with E-state index in [1.165, 1.54) is 10.9 Å². The van der Waals surface area contributed by atoms with Gasteiger partial charge >= 0.3 is 5.97 Å². The number of rotatable bonds is 4. The Balaban J connectivity index is 2.81. The smallest absolute Gasteiger partial charge is 0.358 e. The van der Waals surface area contributed by atoms with Crippen LogP contribution in [0.15, 0.2) is 6.20 Å². The summed E-state index contributed by atoms with van der Waals surface area (Å²) in [6.07, 6.45) is 1.45. The highest BCUT2D eigenvalue weighted by Crippen LogP contribution is 2.10. The Kier molecular flexibility index (Phi) is 3.08. The summed E-state index contributed by atoms with van der Waals surface area (Å²) in [5.74, 6) is -1.12. The average molecular weight is 199 g/mol. The van der Waals surface area contributed by atoms with Crippen LogP contribution >= 0.6 is 0 Å². The van der Waals surface area contributed by atoms with E-state index in [9.17, 15) is 4.79 Å². The lowest BCUT2D eigenvalue weighted by atomic mass is 10.2. The molecular weight excluding hydrogens is 186 g/mol. The molecular formula is C8H13N3O3. The normalized spacial score (nSPS) is 12.7. The monoisotopic (exact) mass is 199 g/mol. The van der Waals surface area contributed by atoms with E-state index in [0.29, 0.717) is 6.54 Å². The molecule has 0 aliphatic carbocycles. The molecule has 0 aliphatic rings. The van der Waals surface area contributed by atoms with E-state index < -0.39 is 5.97 Å². The van der Waals surface area contributed by atoms with E-state index in [-0.39, 0.29) is 23.9 Å². The zero-order valence-electron chi connectivity index (χ0n) is 7.84. The minimum atomic E-state index is -1.14. The third-order valence-electron chi connectivity index (χ3n) is 1.80. The van der Waals surface area contributed by atoms with Gasteiger partial charge in [-0.3, -0.25) is 4.68 Å². The molecule has 0 saturated carbocycles. The molecule has 1 atom stereocenters. The van der Waals surface area contributed by atoms with Crippen LogP contribution in [0.1, 0.15) is 17.4 Å². The van der Waals surface area contributed by atoms with Crippen LogP contribution in [0.25, 0.3) is 0 Å². The van der Waals surface area contributed by atoms with Crippen LogP contribution in [0.5, 0.6) is 0 Å². The molecule has 0 fully saturated rings. The molecule has 4 N–H and O–H groups in total. The highest BCUT2D eigenvalue weighted by atomic mass is 16.4. The largest absolute Gasteiger partial charge is 0.476 e. The summed E-state index contributed by atoms with van der Waals surface area (Å²) in [5.41, 5.74) is 5.43. The van der Waals surface area contributed by atoms with Crippen molar-refractivity contribution >= 4 is 11.7 Å². The van der Waals surface area contributed by atoms with Crippen LogP contribution in [0.3, 0.4) is 0 Å². The Hall–Kier alpha value is -1.56. The number of nitrogens with zero attached hydrogens (tertiary/aromatic N) is 2. The Bertz CT molecular complexity index is 335. The molecule has 78 valence electrons. The van der Waals surface area contributed by atoms with Gasteiger partial charge in [0.05, 0.1) is 5.69 Å². The second-order valence-corrected chi connectivity index (χ2v) is 3.25. The van der Waals surface area contributed by atoms with Gasteiger partial charge in [-0.1, -0.05) is 6.92 Å². The quantitative estimate of drug-likeness (QED) is 0.623. The average Bonchev–Trinajstić information content (AvgIpc) is 2.46. The second-order valence-electron chi connectivity index (χ2n) is 3.25. The van der Waals surface area contributed by atoms with E-state index in [1.54, 1.807) is 0 Å². The van der Waals surface area contributed by atoms with Crippen molar-refractivity contribution in [3.63, 3.8) is 0 Å². The molecule has 0 spiro atoms. The summed E-state index contributed by atoms with van der Waals surface area (Å²) in [6.45, 7) is 2.31. The predicted octanol–water partition coefficient (Wildman–Crippen LogP) is -0.208. The number of nitrogens with two attached hydrogens (primary N) is 1. The van der Waals surface area contributed by atoms with Gasteiger partial charge in [-0.15, -0.1) is 0 Å². The molecule has 0 saturated heterocycles. The zero-order valence-corrected chi connectivity index (χ0v) is 7.84. The van der Waals surface area contributed by atoms with Crippen molar-refractivity contribution in [2.24, 2.45) is 5.92 Å². The topological polar surface area (TPSA) is 101 Å². The molecule has 0 bridgehead atoms. The highest BCUT2D eigenvalue weighted by molar-refractivity contribution is 5.91. The molecule has 14 heavy (non-hydrogen) atoms. The van der Waals surface area contributed by atoms with Gasteiger partial charge in [-0.2, -0.15) is 5.10 Å². The van der Waals surface area contributed by atoms with Crippen molar-refractivity contribution < 1.29 is 15.0 Å². The van der Waals surface area contributed by atoms with Crippen LogP contribution in [0, 0.1) is 5.92 Å². The van der Waals surface area contributed by atoms with Crippen LogP contribution in [0.4, 0.5) is 5.69 Å². The van der Waals surface area contributed by atoms with Gasteiger partial charge < -0.3 is 15.9 Å². The minimum absolute atomic E-state index is 0.0240. The molecule has 6 nitrogen and oxygen atoms in total. The number of carbonyl (C=O) groups is 1. The molecule has 0 aromatic carbocycles. The molecule has 1 rings (SSSR count). The Labute approximate surface area is 81.0 Å². The summed E-state index contributed by atoms with van der Waals surface area (Å²) in [5, 5.41) is 21.2.